The van der Waals surface area contributed by atoms with Gasteiger partial charge in [0.25, 0.3) is 0 Å². The first-order chi connectivity index (χ1) is 12.0. The van der Waals surface area contributed by atoms with Crippen molar-refractivity contribution in [2.45, 2.75) is 27.2 Å². The lowest BCUT2D eigenvalue weighted by atomic mass is 10.1. The number of anilines is 1. The molecule has 0 saturated carbocycles. The van der Waals surface area contributed by atoms with Crippen LogP contribution in [0.5, 0.6) is 5.75 Å². The fourth-order valence-electron chi connectivity index (χ4n) is 2.70. The molecule has 0 aliphatic rings. The highest BCUT2D eigenvalue weighted by molar-refractivity contribution is 5.92. The van der Waals surface area contributed by atoms with Crippen LogP contribution in [-0.4, -0.2) is 37.6 Å². The zero-order valence-corrected chi connectivity index (χ0v) is 15.6. The van der Waals surface area contributed by atoms with E-state index in [2.05, 4.69) is 11.4 Å². The molecule has 0 bridgehead atoms. The topological polar surface area (TPSA) is 41.6 Å². The van der Waals surface area contributed by atoms with Crippen molar-refractivity contribution in [3.8, 4) is 5.75 Å². The standard InChI is InChI=1S/C21H28N2O2/c1-16-10-11-19(18(3)14-16)22-21(24)15-23(4)12-7-13-25-20-9-6-5-8-17(20)2/h5-6,8-11,14H,7,12-13,15H2,1-4H3,(H,22,24). The number of ether oxygens (including phenoxy) is 1. The second kappa shape index (κ2) is 9.23. The van der Waals surface area contributed by atoms with Crippen LogP contribution in [0.2, 0.25) is 0 Å². The molecule has 0 fully saturated rings. The minimum absolute atomic E-state index is 0.00859. The summed E-state index contributed by atoms with van der Waals surface area (Å²) >= 11 is 0. The lowest BCUT2D eigenvalue weighted by Gasteiger charge is -2.17. The number of nitrogens with zero attached hydrogens (tertiary/aromatic N) is 1. The van der Waals surface area contributed by atoms with Crippen LogP contribution in [0.25, 0.3) is 0 Å². The van der Waals surface area contributed by atoms with Crippen molar-refractivity contribution in [2.75, 3.05) is 32.1 Å². The lowest BCUT2D eigenvalue weighted by Crippen LogP contribution is -2.31. The number of aryl methyl sites for hydroxylation is 3. The first kappa shape index (κ1) is 19.0. The molecule has 0 saturated heterocycles. The van der Waals surface area contributed by atoms with Crippen molar-refractivity contribution in [3.05, 3.63) is 59.2 Å². The van der Waals surface area contributed by atoms with Gasteiger partial charge in [0.1, 0.15) is 5.75 Å². The summed E-state index contributed by atoms with van der Waals surface area (Å²) in [4.78, 5) is 14.2. The molecular weight excluding hydrogens is 312 g/mol. The highest BCUT2D eigenvalue weighted by Crippen LogP contribution is 2.17. The van der Waals surface area contributed by atoms with Crippen molar-refractivity contribution in [2.24, 2.45) is 0 Å². The van der Waals surface area contributed by atoms with Crippen LogP contribution in [0.1, 0.15) is 23.1 Å². The Kier molecular flexibility index (Phi) is 7.02. The molecule has 0 aliphatic heterocycles. The fraction of sp³-hybridized carbons (Fsp3) is 0.381. The van der Waals surface area contributed by atoms with Gasteiger partial charge in [-0.1, -0.05) is 35.9 Å². The molecule has 0 aliphatic carbocycles. The van der Waals surface area contributed by atoms with Gasteiger partial charge in [0.15, 0.2) is 0 Å². The highest BCUT2D eigenvalue weighted by Gasteiger charge is 2.08. The summed E-state index contributed by atoms with van der Waals surface area (Å²) in [5, 5.41) is 2.98. The van der Waals surface area contributed by atoms with Gasteiger partial charge in [0.2, 0.25) is 5.91 Å². The van der Waals surface area contributed by atoms with Crippen molar-refractivity contribution in [1.29, 1.82) is 0 Å². The van der Waals surface area contributed by atoms with Crippen molar-refractivity contribution < 1.29 is 9.53 Å². The highest BCUT2D eigenvalue weighted by atomic mass is 16.5. The average molecular weight is 340 g/mol. The second-order valence-electron chi connectivity index (χ2n) is 6.57. The van der Waals surface area contributed by atoms with Crippen LogP contribution in [0.4, 0.5) is 5.69 Å². The fourth-order valence-corrected chi connectivity index (χ4v) is 2.70. The van der Waals surface area contributed by atoms with E-state index in [0.29, 0.717) is 13.2 Å². The number of amides is 1. The van der Waals surface area contributed by atoms with Crippen molar-refractivity contribution in [3.63, 3.8) is 0 Å². The van der Waals surface area contributed by atoms with Crippen LogP contribution in [0, 0.1) is 20.8 Å². The van der Waals surface area contributed by atoms with Crippen LogP contribution in [0.15, 0.2) is 42.5 Å². The van der Waals surface area contributed by atoms with Gasteiger partial charge in [0.05, 0.1) is 13.2 Å². The molecule has 0 aromatic heterocycles. The Balaban J connectivity index is 1.70. The number of carbonyl (C=O) groups is 1. The third-order valence-corrected chi connectivity index (χ3v) is 4.10. The normalized spacial score (nSPS) is 10.8. The quantitative estimate of drug-likeness (QED) is 0.740. The van der Waals surface area contributed by atoms with Gasteiger partial charge < -0.3 is 10.1 Å². The summed E-state index contributed by atoms with van der Waals surface area (Å²) in [6.45, 7) is 7.93. The molecule has 134 valence electrons. The molecule has 0 unspecified atom stereocenters. The largest absolute Gasteiger partial charge is 0.493 e. The molecule has 2 aromatic rings. The van der Waals surface area contributed by atoms with Crippen LogP contribution in [0.3, 0.4) is 0 Å². The number of para-hydroxylation sites is 1. The van der Waals surface area contributed by atoms with Crippen molar-refractivity contribution in [1.82, 2.24) is 4.90 Å². The van der Waals surface area contributed by atoms with Gasteiger partial charge in [-0.25, -0.2) is 0 Å². The van der Waals surface area contributed by atoms with Gasteiger partial charge in [-0.15, -0.1) is 0 Å². The summed E-state index contributed by atoms with van der Waals surface area (Å²) in [6, 6.07) is 14.0. The molecule has 4 nitrogen and oxygen atoms in total. The monoisotopic (exact) mass is 340 g/mol. The maximum atomic E-state index is 12.2. The third-order valence-electron chi connectivity index (χ3n) is 4.10. The van der Waals surface area contributed by atoms with E-state index in [1.807, 2.05) is 69.1 Å². The number of benzene rings is 2. The Morgan fingerprint density at radius 3 is 2.56 bits per heavy atom. The van der Waals surface area contributed by atoms with E-state index in [4.69, 9.17) is 4.74 Å². The number of hydrogen-bond donors (Lipinski definition) is 1. The Morgan fingerprint density at radius 2 is 1.84 bits per heavy atom. The van der Waals surface area contributed by atoms with E-state index in [0.717, 1.165) is 35.5 Å². The predicted molar refractivity (Wildman–Crippen MR) is 103 cm³/mol. The summed E-state index contributed by atoms with van der Waals surface area (Å²) in [7, 11) is 1.95. The third kappa shape index (κ3) is 6.24. The Bertz CT molecular complexity index is 713. The zero-order chi connectivity index (χ0) is 18.2. The first-order valence-electron chi connectivity index (χ1n) is 8.70. The molecule has 4 heteroatoms. The van der Waals surface area contributed by atoms with E-state index < -0.39 is 0 Å². The number of carbonyl (C=O) groups excluding carboxylic acids is 1. The molecule has 2 rings (SSSR count). The minimum Gasteiger partial charge on any atom is -0.493 e. The number of hydrogen-bond acceptors (Lipinski definition) is 3. The molecule has 1 amide bonds. The molecule has 1 N–H and O–H groups in total. The van der Waals surface area contributed by atoms with Crippen LogP contribution >= 0.6 is 0 Å². The number of rotatable bonds is 8. The lowest BCUT2D eigenvalue weighted by molar-refractivity contribution is -0.117. The summed E-state index contributed by atoms with van der Waals surface area (Å²) < 4.78 is 5.79. The molecule has 25 heavy (non-hydrogen) atoms. The minimum atomic E-state index is 0.00859. The zero-order valence-electron chi connectivity index (χ0n) is 15.6. The van der Waals surface area contributed by atoms with Gasteiger partial charge in [-0.3, -0.25) is 9.69 Å². The summed E-state index contributed by atoms with van der Waals surface area (Å²) in [5.41, 5.74) is 4.31. The maximum Gasteiger partial charge on any atom is 0.238 e. The summed E-state index contributed by atoms with van der Waals surface area (Å²) in [6.07, 6.45) is 0.877. The Labute approximate surface area is 150 Å². The SMILES string of the molecule is Cc1ccc(NC(=O)CN(C)CCCOc2ccccc2C)c(C)c1. The predicted octanol–water partition coefficient (Wildman–Crippen LogP) is 3.95. The van der Waals surface area contributed by atoms with Gasteiger partial charge in [-0.2, -0.15) is 0 Å². The summed E-state index contributed by atoms with van der Waals surface area (Å²) in [5.74, 6) is 0.937. The smallest absolute Gasteiger partial charge is 0.238 e. The van der Waals surface area contributed by atoms with Gasteiger partial charge in [0, 0.05) is 12.2 Å². The Hall–Kier alpha value is -2.33. The van der Waals surface area contributed by atoms with Crippen molar-refractivity contribution >= 4 is 11.6 Å². The van der Waals surface area contributed by atoms with E-state index >= 15 is 0 Å². The first-order valence-corrected chi connectivity index (χ1v) is 8.70. The van der Waals surface area contributed by atoms with Crippen LogP contribution < -0.4 is 10.1 Å². The molecular formula is C21H28N2O2. The molecule has 0 radical (unpaired) electrons. The maximum absolute atomic E-state index is 12.2. The van der Waals surface area contributed by atoms with Gasteiger partial charge >= 0.3 is 0 Å². The molecule has 0 heterocycles. The van der Waals surface area contributed by atoms with E-state index in [-0.39, 0.29) is 5.91 Å². The van der Waals surface area contributed by atoms with E-state index in [1.165, 1.54) is 5.56 Å². The van der Waals surface area contributed by atoms with Crippen LogP contribution in [-0.2, 0) is 4.79 Å². The van der Waals surface area contributed by atoms with E-state index in [1.54, 1.807) is 0 Å². The average Bonchev–Trinajstić information content (AvgIpc) is 2.55. The number of nitrogens with one attached hydrogen (secondary N) is 1. The second-order valence-corrected chi connectivity index (χ2v) is 6.57. The van der Waals surface area contributed by atoms with E-state index in [9.17, 15) is 4.79 Å². The Morgan fingerprint density at radius 1 is 1.08 bits per heavy atom. The molecule has 0 atom stereocenters. The number of likely N-dealkylation sites (N-methyl/N-ethyl adjacent to an activating group) is 1. The van der Waals surface area contributed by atoms with Gasteiger partial charge in [-0.05, 0) is 57.5 Å². The molecule has 2 aromatic carbocycles. The molecule has 0 spiro atoms.